The first-order chi connectivity index (χ1) is 12.1. The Morgan fingerprint density at radius 1 is 1.12 bits per heavy atom. The predicted molar refractivity (Wildman–Crippen MR) is 99.7 cm³/mol. The van der Waals surface area contributed by atoms with E-state index < -0.39 is 0 Å². The summed E-state index contributed by atoms with van der Waals surface area (Å²) in [6.45, 7) is 8.99. The monoisotopic (exact) mass is 340 g/mol. The fourth-order valence-corrected chi connectivity index (χ4v) is 3.69. The van der Waals surface area contributed by atoms with E-state index in [1.54, 1.807) is 12.3 Å². The number of carbonyl (C=O) groups is 1. The van der Waals surface area contributed by atoms with E-state index in [1.807, 2.05) is 11.8 Å². The molecule has 2 unspecified atom stereocenters. The molecule has 1 aliphatic rings. The Hall–Kier alpha value is -2.07. The molecule has 2 heterocycles. The summed E-state index contributed by atoms with van der Waals surface area (Å²) in [4.78, 5) is 17.3. The van der Waals surface area contributed by atoms with E-state index in [4.69, 9.17) is 4.42 Å². The molecule has 1 saturated heterocycles. The fraction of sp³-hybridized carbons (Fsp3) is 0.476. The molecule has 4 heteroatoms. The van der Waals surface area contributed by atoms with Crippen LogP contribution in [0.1, 0.15) is 41.9 Å². The van der Waals surface area contributed by atoms with Crippen LogP contribution in [0.4, 0.5) is 0 Å². The molecule has 4 nitrogen and oxygen atoms in total. The van der Waals surface area contributed by atoms with Gasteiger partial charge in [-0.3, -0.25) is 9.69 Å². The van der Waals surface area contributed by atoms with Gasteiger partial charge in [-0.05, 0) is 51.8 Å². The van der Waals surface area contributed by atoms with Crippen LogP contribution < -0.4 is 0 Å². The second-order valence-corrected chi connectivity index (χ2v) is 7.13. The second kappa shape index (κ2) is 7.87. The minimum atomic E-state index is 0.0922. The highest BCUT2D eigenvalue weighted by molar-refractivity contribution is 5.95. The average molecular weight is 340 g/mol. The van der Waals surface area contributed by atoms with Crippen molar-refractivity contribution >= 4 is 5.91 Å². The first kappa shape index (κ1) is 17.7. The lowest BCUT2D eigenvalue weighted by Gasteiger charge is -2.44. The number of benzene rings is 1. The van der Waals surface area contributed by atoms with E-state index in [9.17, 15) is 4.79 Å². The Morgan fingerprint density at radius 2 is 1.88 bits per heavy atom. The van der Waals surface area contributed by atoms with Crippen LogP contribution in [0.3, 0.4) is 0 Å². The van der Waals surface area contributed by atoms with E-state index in [0.717, 1.165) is 32.5 Å². The van der Waals surface area contributed by atoms with E-state index in [1.165, 1.54) is 5.56 Å². The number of amides is 1. The summed E-state index contributed by atoms with van der Waals surface area (Å²) in [6, 6.07) is 13.0. The molecular formula is C21H28N2O2. The van der Waals surface area contributed by atoms with E-state index in [-0.39, 0.29) is 11.9 Å². The van der Waals surface area contributed by atoms with Gasteiger partial charge in [0.25, 0.3) is 5.91 Å². The molecule has 0 spiro atoms. The summed E-state index contributed by atoms with van der Waals surface area (Å²) >= 11 is 0. The van der Waals surface area contributed by atoms with Gasteiger partial charge in [0.2, 0.25) is 0 Å². The molecule has 1 amide bonds. The van der Waals surface area contributed by atoms with Crippen molar-refractivity contribution in [2.45, 2.75) is 45.7 Å². The predicted octanol–water partition coefficient (Wildman–Crippen LogP) is 3.76. The van der Waals surface area contributed by atoms with Crippen LogP contribution in [0.25, 0.3) is 0 Å². The maximum atomic E-state index is 12.8. The average Bonchev–Trinajstić information content (AvgIpc) is 3.04. The van der Waals surface area contributed by atoms with Crippen molar-refractivity contribution < 1.29 is 9.21 Å². The Balaban J connectivity index is 1.55. The van der Waals surface area contributed by atoms with Crippen molar-refractivity contribution in [3.8, 4) is 0 Å². The zero-order chi connectivity index (χ0) is 17.8. The van der Waals surface area contributed by atoms with Gasteiger partial charge in [0, 0.05) is 25.2 Å². The third-order valence-corrected chi connectivity index (χ3v) is 5.22. The van der Waals surface area contributed by atoms with Crippen LogP contribution in [0.2, 0.25) is 0 Å². The highest BCUT2D eigenvalue weighted by atomic mass is 16.3. The van der Waals surface area contributed by atoms with Gasteiger partial charge in [0.1, 0.15) is 5.76 Å². The lowest BCUT2D eigenvalue weighted by Crippen LogP contribution is -2.58. The SMILES string of the molecule is Cc1occc1C(=O)N1CC(C)N(CCCc2ccccc2)CC1C. The number of hydrogen-bond donors (Lipinski definition) is 0. The van der Waals surface area contributed by atoms with Crippen LogP contribution in [-0.4, -0.2) is 47.4 Å². The van der Waals surface area contributed by atoms with E-state index in [0.29, 0.717) is 17.4 Å². The highest BCUT2D eigenvalue weighted by Crippen LogP contribution is 2.20. The summed E-state index contributed by atoms with van der Waals surface area (Å²) in [5.74, 6) is 0.796. The zero-order valence-electron chi connectivity index (χ0n) is 15.4. The van der Waals surface area contributed by atoms with Crippen molar-refractivity contribution in [1.29, 1.82) is 0 Å². The largest absolute Gasteiger partial charge is 0.469 e. The summed E-state index contributed by atoms with van der Waals surface area (Å²) in [6.07, 6.45) is 3.85. The molecule has 1 fully saturated rings. The number of rotatable bonds is 5. The number of hydrogen-bond acceptors (Lipinski definition) is 3. The van der Waals surface area contributed by atoms with Gasteiger partial charge < -0.3 is 9.32 Å². The molecule has 25 heavy (non-hydrogen) atoms. The smallest absolute Gasteiger partial charge is 0.257 e. The number of aryl methyl sites for hydroxylation is 2. The molecule has 1 aliphatic heterocycles. The first-order valence-electron chi connectivity index (χ1n) is 9.19. The molecule has 1 aromatic carbocycles. The molecule has 0 N–H and O–H groups in total. The van der Waals surface area contributed by atoms with Gasteiger partial charge in [-0.25, -0.2) is 0 Å². The van der Waals surface area contributed by atoms with Crippen LogP contribution in [0, 0.1) is 6.92 Å². The van der Waals surface area contributed by atoms with Crippen LogP contribution in [-0.2, 0) is 6.42 Å². The maximum Gasteiger partial charge on any atom is 0.257 e. The molecule has 2 aromatic rings. The molecule has 134 valence electrons. The fourth-order valence-electron chi connectivity index (χ4n) is 3.69. The Labute approximate surface area is 150 Å². The first-order valence-corrected chi connectivity index (χ1v) is 9.19. The Morgan fingerprint density at radius 3 is 2.56 bits per heavy atom. The highest BCUT2D eigenvalue weighted by Gasteiger charge is 2.32. The molecule has 0 aliphatic carbocycles. The number of furan rings is 1. The normalized spacial score (nSPS) is 21.5. The molecule has 0 bridgehead atoms. The van der Waals surface area contributed by atoms with Gasteiger partial charge in [-0.1, -0.05) is 30.3 Å². The molecule has 3 rings (SSSR count). The van der Waals surface area contributed by atoms with Gasteiger partial charge in [0.05, 0.1) is 11.8 Å². The number of nitrogens with zero attached hydrogens (tertiary/aromatic N) is 2. The third kappa shape index (κ3) is 4.13. The second-order valence-electron chi connectivity index (χ2n) is 7.13. The Bertz CT molecular complexity index is 695. The summed E-state index contributed by atoms with van der Waals surface area (Å²) in [5.41, 5.74) is 2.09. The molecule has 2 atom stereocenters. The van der Waals surface area contributed by atoms with E-state index in [2.05, 4.69) is 49.1 Å². The van der Waals surface area contributed by atoms with Crippen LogP contribution in [0.15, 0.2) is 47.1 Å². The van der Waals surface area contributed by atoms with Gasteiger partial charge in [-0.2, -0.15) is 0 Å². The molecule has 0 radical (unpaired) electrons. The molecule has 1 aromatic heterocycles. The van der Waals surface area contributed by atoms with Crippen molar-refractivity contribution in [3.63, 3.8) is 0 Å². The standard InChI is InChI=1S/C21H28N2O2/c1-16-15-23(21(24)20-11-13-25-18(20)3)17(2)14-22(16)12-7-10-19-8-5-4-6-9-19/h4-6,8-9,11,13,16-17H,7,10,12,14-15H2,1-3H3. The van der Waals surface area contributed by atoms with Crippen molar-refractivity contribution in [1.82, 2.24) is 9.80 Å². The quantitative estimate of drug-likeness (QED) is 0.832. The molecule has 0 saturated carbocycles. The molecular weight excluding hydrogens is 312 g/mol. The number of carbonyl (C=O) groups excluding carboxylic acids is 1. The van der Waals surface area contributed by atoms with Crippen LogP contribution >= 0.6 is 0 Å². The van der Waals surface area contributed by atoms with Crippen molar-refractivity contribution in [3.05, 3.63) is 59.5 Å². The van der Waals surface area contributed by atoms with Gasteiger partial charge in [0.15, 0.2) is 0 Å². The third-order valence-electron chi connectivity index (χ3n) is 5.22. The minimum Gasteiger partial charge on any atom is -0.469 e. The lowest BCUT2D eigenvalue weighted by molar-refractivity contribution is 0.0313. The van der Waals surface area contributed by atoms with Crippen molar-refractivity contribution in [2.75, 3.05) is 19.6 Å². The van der Waals surface area contributed by atoms with Gasteiger partial charge in [-0.15, -0.1) is 0 Å². The zero-order valence-corrected chi connectivity index (χ0v) is 15.4. The number of piperazine rings is 1. The van der Waals surface area contributed by atoms with Crippen molar-refractivity contribution in [2.24, 2.45) is 0 Å². The Kier molecular flexibility index (Phi) is 5.59. The van der Waals surface area contributed by atoms with Gasteiger partial charge >= 0.3 is 0 Å². The summed E-state index contributed by atoms with van der Waals surface area (Å²) in [7, 11) is 0. The summed E-state index contributed by atoms with van der Waals surface area (Å²) in [5, 5.41) is 0. The van der Waals surface area contributed by atoms with Crippen LogP contribution in [0.5, 0.6) is 0 Å². The maximum absolute atomic E-state index is 12.8. The minimum absolute atomic E-state index is 0.0922. The topological polar surface area (TPSA) is 36.7 Å². The van der Waals surface area contributed by atoms with E-state index >= 15 is 0 Å². The lowest BCUT2D eigenvalue weighted by atomic mass is 10.0. The summed E-state index contributed by atoms with van der Waals surface area (Å²) < 4.78 is 5.30.